The maximum absolute atomic E-state index is 11.9. The summed E-state index contributed by atoms with van der Waals surface area (Å²) >= 11 is 5.62. The number of amides is 1. The molecule has 0 saturated heterocycles. The van der Waals surface area contributed by atoms with Gasteiger partial charge in [0.25, 0.3) is 5.91 Å². The van der Waals surface area contributed by atoms with Crippen LogP contribution in [0, 0.1) is 10.1 Å². The molecular weight excluding hydrogens is 274 g/mol. The number of aromatic nitrogens is 3. The number of nitro groups is 1. The van der Waals surface area contributed by atoms with Crippen molar-refractivity contribution >= 4 is 23.2 Å². The normalized spacial score (nSPS) is 10.2. The standard InChI is InChI=1S/C10H8ClN5O3/c11-9-8(16(18)19)6(1-2-14-9)10(17)15-5-7-12-3-4-13-7/h1-4H,5H2,(H,12,13)(H,15,17). The highest BCUT2D eigenvalue weighted by atomic mass is 35.5. The smallest absolute Gasteiger partial charge is 0.319 e. The van der Waals surface area contributed by atoms with Crippen molar-refractivity contribution in [2.24, 2.45) is 0 Å². The molecule has 98 valence electrons. The highest BCUT2D eigenvalue weighted by Crippen LogP contribution is 2.25. The molecular formula is C10H8ClN5O3. The van der Waals surface area contributed by atoms with Crippen LogP contribution in [0.3, 0.4) is 0 Å². The lowest BCUT2D eigenvalue weighted by Crippen LogP contribution is -2.24. The van der Waals surface area contributed by atoms with Gasteiger partial charge in [-0.15, -0.1) is 0 Å². The van der Waals surface area contributed by atoms with E-state index in [9.17, 15) is 14.9 Å². The number of aromatic amines is 1. The fraction of sp³-hybridized carbons (Fsp3) is 0.100. The van der Waals surface area contributed by atoms with Crippen LogP contribution in [-0.2, 0) is 6.54 Å². The maximum Gasteiger partial charge on any atom is 0.319 e. The van der Waals surface area contributed by atoms with E-state index >= 15 is 0 Å². The summed E-state index contributed by atoms with van der Waals surface area (Å²) in [6.07, 6.45) is 4.37. The minimum Gasteiger partial charge on any atom is -0.347 e. The Bertz CT molecular complexity index is 614. The summed E-state index contributed by atoms with van der Waals surface area (Å²) < 4.78 is 0. The number of pyridine rings is 1. The highest BCUT2D eigenvalue weighted by Gasteiger charge is 2.24. The Balaban J connectivity index is 2.19. The number of rotatable bonds is 4. The van der Waals surface area contributed by atoms with Gasteiger partial charge in [0.2, 0.25) is 5.15 Å². The fourth-order valence-electron chi connectivity index (χ4n) is 1.44. The monoisotopic (exact) mass is 281 g/mol. The molecule has 0 aliphatic heterocycles. The molecule has 2 heterocycles. The third kappa shape index (κ3) is 2.86. The van der Waals surface area contributed by atoms with E-state index in [1.54, 1.807) is 6.20 Å². The summed E-state index contributed by atoms with van der Waals surface area (Å²) in [4.78, 5) is 32.3. The van der Waals surface area contributed by atoms with Crippen LogP contribution in [0.15, 0.2) is 24.7 Å². The zero-order chi connectivity index (χ0) is 13.8. The van der Waals surface area contributed by atoms with E-state index in [1.807, 2.05) is 0 Å². The third-order valence-electron chi connectivity index (χ3n) is 2.28. The van der Waals surface area contributed by atoms with Crippen molar-refractivity contribution in [1.29, 1.82) is 0 Å². The first kappa shape index (κ1) is 13.0. The van der Waals surface area contributed by atoms with E-state index in [0.717, 1.165) is 0 Å². The van der Waals surface area contributed by atoms with Gasteiger partial charge in [-0.3, -0.25) is 14.9 Å². The number of H-pyrrole nitrogens is 1. The highest BCUT2D eigenvalue weighted by molar-refractivity contribution is 6.32. The maximum atomic E-state index is 11.9. The van der Waals surface area contributed by atoms with Gasteiger partial charge in [-0.05, 0) is 6.07 Å². The summed E-state index contributed by atoms with van der Waals surface area (Å²) in [6, 6.07) is 1.24. The Morgan fingerprint density at radius 3 is 2.89 bits per heavy atom. The van der Waals surface area contributed by atoms with Crippen LogP contribution in [0.2, 0.25) is 5.15 Å². The van der Waals surface area contributed by atoms with E-state index < -0.39 is 16.5 Å². The molecule has 0 unspecified atom stereocenters. The first-order valence-corrected chi connectivity index (χ1v) is 5.52. The van der Waals surface area contributed by atoms with Crippen molar-refractivity contribution in [3.63, 3.8) is 0 Å². The second-order valence-corrected chi connectivity index (χ2v) is 3.83. The van der Waals surface area contributed by atoms with Crippen LogP contribution < -0.4 is 5.32 Å². The van der Waals surface area contributed by atoms with Crippen molar-refractivity contribution in [2.75, 3.05) is 0 Å². The number of halogens is 1. The topological polar surface area (TPSA) is 114 Å². The number of carbonyl (C=O) groups excluding carboxylic acids is 1. The zero-order valence-corrected chi connectivity index (χ0v) is 10.2. The van der Waals surface area contributed by atoms with Crippen LogP contribution in [-0.4, -0.2) is 25.8 Å². The quantitative estimate of drug-likeness (QED) is 0.498. The van der Waals surface area contributed by atoms with Gasteiger partial charge in [0.1, 0.15) is 11.4 Å². The van der Waals surface area contributed by atoms with Crippen LogP contribution in [0.25, 0.3) is 0 Å². The molecule has 0 spiro atoms. The van der Waals surface area contributed by atoms with Gasteiger partial charge in [-0.25, -0.2) is 9.97 Å². The van der Waals surface area contributed by atoms with Crippen molar-refractivity contribution in [3.05, 3.63) is 51.3 Å². The Morgan fingerprint density at radius 2 is 2.26 bits per heavy atom. The summed E-state index contributed by atoms with van der Waals surface area (Å²) in [5.74, 6) is -0.0800. The molecule has 2 N–H and O–H groups in total. The van der Waals surface area contributed by atoms with Crippen LogP contribution in [0.4, 0.5) is 5.69 Å². The van der Waals surface area contributed by atoms with Gasteiger partial charge in [0.05, 0.1) is 11.5 Å². The molecule has 19 heavy (non-hydrogen) atoms. The zero-order valence-electron chi connectivity index (χ0n) is 9.46. The first-order valence-electron chi connectivity index (χ1n) is 5.15. The minimum atomic E-state index is -0.739. The molecule has 2 rings (SSSR count). The van der Waals surface area contributed by atoms with Crippen molar-refractivity contribution < 1.29 is 9.72 Å². The molecule has 0 aliphatic rings. The number of nitrogens with one attached hydrogen (secondary N) is 2. The summed E-state index contributed by atoms with van der Waals surface area (Å²) in [5.41, 5.74) is -0.655. The number of hydrogen-bond donors (Lipinski definition) is 2. The summed E-state index contributed by atoms with van der Waals surface area (Å²) in [6.45, 7) is 0.128. The lowest BCUT2D eigenvalue weighted by Gasteiger charge is -2.04. The van der Waals surface area contributed by atoms with E-state index in [2.05, 4.69) is 20.3 Å². The molecule has 0 radical (unpaired) electrons. The van der Waals surface area contributed by atoms with Crippen LogP contribution >= 0.6 is 11.6 Å². The van der Waals surface area contributed by atoms with E-state index in [4.69, 9.17) is 11.6 Å². The molecule has 9 heteroatoms. The molecule has 8 nitrogen and oxygen atoms in total. The predicted molar refractivity (Wildman–Crippen MR) is 65.7 cm³/mol. The largest absolute Gasteiger partial charge is 0.347 e. The molecule has 0 saturated carbocycles. The molecule has 0 aliphatic carbocycles. The van der Waals surface area contributed by atoms with Crippen LogP contribution in [0.1, 0.15) is 16.2 Å². The van der Waals surface area contributed by atoms with Gasteiger partial charge in [-0.1, -0.05) is 11.6 Å². The Labute approximate surface area is 112 Å². The van der Waals surface area contributed by atoms with Gasteiger partial charge >= 0.3 is 5.69 Å². The number of hydrogen-bond acceptors (Lipinski definition) is 5. The van der Waals surface area contributed by atoms with Gasteiger partial charge in [-0.2, -0.15) is 0 Å². The predicted octanol–water partition coefficient (Wildman–Crippen LogP) is 1.30. The average Bonchev–Trinajstić information content (AvgIpc) is 2.88. The average molecular weight is 282 g/mol. The van der Waals surface area contributed by atoms with E-state index in [0.29, 0.717) is 5.82 Å². The first-order chi connectivity index (χ1) is 9.09. The second kappa shape index (κ2) is 5.44. The molecule has 0 atom stereocenters. The van der Waals surface area contributed by atoms with E-state index in [-0.39, 0.29) is 17.3 Å². The Morgan fingerprint density at radius 1 is 1.47 bits per heavy atom. The summed E-state index contributed by atoms with van der Waals surface area (Å²) in [5, 5.41) is 13.0. The lowest BCUT2D eigenvalue weighted by atomic mass is 10.2. The van der Waals surface area contributed by atoms with E-state index in [1.165, 1.54) is 18.5 Å². The molecule has 0 fully saturated rings. The van der Waals surface area contributed by atoms with Crippen molar-refractivity contribution in [2.45, 2.75) is 6.54 Å². The summed E-state index contributed by atoms with van der Waals surface area (Å²) in [7, 11) is 0. The number of carbonyl (C=O) groups is 1. The molecule has 1 amide bonds. The second-order valence-electron chi connectivity index (χ2n) is 3.47. The van der Waals surface area contributed by atoms with Crippen molar-refractivity contribution in [3.8, 4) is 0 Å². The molecule has 0 aromatic carbocycles. The third-order valence-corrected chi connectivity index (χ3v) is 2.55. The minimum absolute atomic E-state index is 0.128. The van der Waals surface area contributed by atoms with Gasteiger partial charge in [0, 0.05) is 18.6 Å². The fourth-order valence-corrected chi connectivity index (χ4v) is 1.67. The Hall–Kier alpha value is -2.48. The molecule has 0 bridgehead atoms. The lowest BCUT2D eigenvalue weighted by molar-refractivity contribution is -0.385. The molecule has 2 aromatic heterocycles. The number of imidazole rings is 1. The van der Waals surface area contributed by atoms with Gasteiger partial charge < -0.3 is 10.3 Å². The molecule has 2 aromatic rings. The number of nitrogens with zero attached hydrogens (tertiary/aromatic N) is 3. The van der Waals surface area contributed by atoms with Crippen LogP contribution in [0.5, 0.6) is 0 Å². The Kier molecular flexibility index (Phi) is 3.71. The van der Waals surface area contributed by atoms with Crippen molar-refractivity contribution in [1.82, 2.24) is 20.3 Å². The van der Waals surface area contributed by atoms with Gasteiger partial charge in [0.15, 0.2) is 0 Å². The SMILES string of the molecule is O=C(NCc1ncc[nH]1)c1ccnc(Cl)c1[N+](=O)[O-].